The Balaban J connectivity index is 2.52. The number of hydrogen-bond acceptors (Lipinski definition) is 4. The number of ether oxygens (including phenoxy) is 1. The zero-order chi connectivity index (χ0) is 12.0. The standard InChI is InChI=1S/C11H12O3S2/c1-14-9-4-2-3-8(5-9)6-11(15)16-7-10(12)13/h2-5H,6-7H2,1H3,(H,12,13). The van der Waals surface area contributed by atoms with E-state index in [1.165, 1.54) is 11.8 Å². The minimum Gasteiger partial charge on any atom is -0.497 e. The molecule has 0 radical (unpaired) electrons. The van der Waals surface area contributed by atoms with Crippen LogP contribution in [-0.4, -0.2) is 28.1 Å². The molecule has 0 unspecified atom stereocenters. The van der Waals surface area contributed by atoms with Gasteiger partial charge in [0.25, 0.3) is 0 Å². The fourth-order valence-corrected chi connectivity index (χ4v) is 2.04. The summed E-state index contributed by atoms with van der Waals surface area (Å²) in [5, 5.41) is 8.51. The van der Waals surface area contributed by atoms with Crippen LogP contribution in [0.4, 0.5) is 0 Å². The Morgan fingerprint density at radius 3 is 2.94 bits per heavy atom. The third kappa shape index (κ3) is 4.63. The molecule has 0 bridgehead atoms. The predicted octanol–water partition coefficient (Wildman–Crippen LogP) is 2.38. The molecule has 0 heterocycles. The molecule has 5 heteroatoms. The second kappa shape index (κ2) is 6.50. The fraction of sp³-hybridized carbons (Fsp3) is 0.273. The lowest BCUT2D eigenvalue weighted by Crippen LogP contribution is -2.03. The predicted molar refractivity (Wildman–Crippen MR) is 69.4 cm³/mol. The van der Waals surface area contributed by atoms with Crippen molar-refractivity contribution in [1.82, 2.24) is 0 Å². The van der Waals surface area contributed by atoms with E-state index in [2.05, 4.69) is 0 Å². The molecule has 1 aromatic rings. The summed E-state index contributed by atoms with van der Waals surface area (Å²) in [5.74, 6) is -0.0514. The van der Waals surface area contributed by atoms with Crippen molar-refractivity contribution in [1.29, 1.82) is 0 Å². The molecule has 3 nitrogen and oxygen atoms in total. The third-order valence-electron chi connectivity index (χ3n) is 1.84. The highest BCUT2D eigenvalue weighted by molar-refractivity contribution is 8.23. The average molecular weight is 256 g/mol. The highest BCUT2D eigenvalue weighted by Gasteiger charge is 2.04. The van der Waals surface area contributed by atoms with Gasteiger partial charge in [-0.3, -0.25) is 4.79 Å². The van der Waals surface area contributed by atoms with Crippen molar-refractivity contribution in [3.63, 3.8) is 0 Å². The number of thioether (sulfide) groups is 1. The van der Waals surface area contributed by atoms with Crippen LogP contribution in [-0.2, 0) is 11.2 Å². The number of benzene rings is 1. The first-order valence-corrected chi connectivity index (χ1v) is 6.01. The van der Waals surface area contributed by atoms with Crippen molar-refractivity contribution >= 4 is 34.1 Å². The maximum absolute atomic E-state index is 10.4. The van der Waals surface area contributed by atoms with E-state index in [1.807, 2.05) is 24.3 Å². The number of carboxylic acid groups (broad SMARTS) is 1. The summed E-state index contributed by atoms with van der Waals surface area (Å²) >= 11 is 6.28. The molecular formula is C11H12O3S2. The van der Waals surface area contributed by atoms with Crippen LogP contribution in [0.1, 0.15) is 5.56 Å². The van der Waals surface area contributed by atoms with E-state index in [-0.39, 0.29) is 5.75 Å². The van der Waals surface area contributed by atoms with Crippen LogP contribution in [0.5, 0.6) is 5.75 Å². The second-order valence-corrected chi connectivity index (χ2v) is 4.90. The summed E-state index contributed by atoms with van der Waals surface area (Å²) < 4.78 is 5.77. The Hall–Kier alpha value is -1.07. The number of aliphatic carboxylic acids is 1. The van der Waals surface area contributed by atoms with Gasteiger partial charge in [0.1, 0.15) is 5.75 Å². The summed E-state index contributed by atoms with van der Waals surface area (Å²) in [6, 6.07) is 7.58. The van der Waals surface area contributed by atoms with Gasteiger partial charge in [0, 0.05) is 6.42 Å². The monoisotopic (exact) mass is 256 g/mol. The molecule has 16 heavy (non-hydrogen) atoms. The SMILES string of the molecule is COc1cccc(CC(=S)SCC(=O)O)c1. The summed E-state index contributed by atoms with van der Waals surface area (Å²) in [6.07, 6.45) is 0.588. The summed E-state index contributed by atoms with van der Waals surface area (Å²) in [7, 11) is 1.61. The van der Waals surface area contributed by atoms with Crippen molar-refractivity contribution in [3.8, 4) is 5.75 Å². The number of carboxylic acids is 1. The average Bonchev–Trinajstić information content (AvgIpc) is 2.26. The topological polar surface area (TPSA) is 46.5 Å². The van der Waals surface area contributed by atoms with E-state index in [0.29, 0.717) is 10.6 Å². The van der Waals surface area contributed by atoms with E-state index >= 15 is 0 Å². The lowest BCUT2D eigenvalue weighted by molar-refractivity contribution is -0.133. The molecule has 0 atom stereocenters. The van der Waals surface area contributed by atoms with Gasteiger partial charge in [-0.2, -0.15) is 0 Å². The molecule has 0 fully saturated rings. The van der Waals surface area contributed by atoms with Crippen molar-refractivity contribution in [3.05, 3.63) is 29.8 Å². The zero-order valence-corrected chi connectivity index (χ0v) is 10.4. The Morgan fingerprint density at radius 2 is 2.31 bits per heavy atom. The van der Waals surface area contributed by atoms with Gasteiger partial charge < -0.3 is 9.84 Å². The molecule has 0 saturated heterocycles. The van der Waals surface area contributed by atoms with Gasteiger partial charge >= 0.3 is 5.97 Å². The van der Waals surface area contributed by atoms with Crippen LogP contribution in [0, 0.1) is 0 Å². The maximum Gasteiger partial charge on any atom is 0.313 e. The van der Waals surface area contributed by atoms with Crippen molar-refractivity contribution in [2.75, 3.05) is 12.9 Å². The van der Waals surface area contributed by atoms with Crippen molar-refractivity contribution < 1.29 is 14.6 Å². The van der Waals surface area contributed by atoms with E-state index in [9.17, 15) is 4.79 Å². The minimum absolute atomic E-state index is 0.0167. The molecule has 86 valence electrons. The summed E-state index contributed by atoms with van der Waals surface area (Å²) in [6.45, 7) is 0. The van der Waals surface area contributed by atoms with Gasteiger partial charge in [0.05, 0.1) is 17.1 Å². The minimum atomic E-state index is -0.849. The van der Waals surface area contributed by atoms with E-state index in [4.69, 9.17) is 22.1 Å². The molecule has 0 aromatic heterocycles. The Labute approximate surface area is 104 Å². The molecule has 0 saturated carbocycles. The fourth-order valence-electron chi connectivity index (χ4n) is 1.14. The molecule has 0 aliphatic carbocycles. The van der Waals surface area contributed by atoms with Gasteiger partial charge in [0.15, 0.2) is 0 Å². The van der Waals surface area contributed by atoms with Crippen LogP contribution >= 0.6 is 24.0 Å². The number of carbonyl (C=O) groups is 1. The Bertz CT molecular complexity index is 391. The van der Waals surface area contributed by atoms with Crippen LogP contribution < -0.4 is 4.74 Å². The quantitative estimate of drug-likeness (QED) is 0.820. The Morgan fingerprint density at radius 1 is 1.56 bits per heavy atom. The van der Waals surface area contributed by atoms with Crippen LogP contribution in [0.3, 0.4) is 0 Å². The first-order valence-electron chi connectivity index (χ1n) is 4.62. The van der Waals surface area contributed by atoms with Crippen molar-refractivity contribution in [2.24, 2.45) is 0 Å². The lowest BCUT2D eigenvalue weighted by Gasteiger charge is -2.04. The first kappa shape index (κ1) is 13.0. The third-order valence-corrected chi connectivity index (χ3v) is 3.19. The highest BCUT2D eigenvalue weighted by Crippen LogP contribution is 2.16. The summed E-state index contributed by atoms with van der Waals surface area (Å²) in [5.41, 5.74) is 1.03. The second-order valence-electron chi connectivity index (χ2n) is 3.08. The number of rotatable bonds is 5. The molecule has 0 amide bonds. The lowest BCUT2D eigenvalue weighted by atomic mass is 10.2. The molecule has 1 aromatic carbocycles. The van der Waals surface area contributed by atoms with E-state index in [1.54, 1.807) is 7.11 Å². The van der Waals surface area contributed by atoms with Gasteiger partial charge in [-0.25, -0.2) is 0 Å². The van der Waals surface area contributed by atoms with Gasteiger partial charge in [-0.15, -0.1) is 11.8 Å². The largest absolute Gasteiger partial charge is 0.497 e. The van der Waals surface area contributed by atoms with Crippen LogP contribution in [0.2, 0.25) is 0 Å². The molecule has 1 rings (SSSR count). The molecule has 0 spiro atoms. The van der Waals surface area contributed by atoms with E-state index in [0.717, 1.165) is 11.3 Å². The first-order chi connectivity index (χ1) is 7.61. The summed E-state index contributed by atoms with van der Waals surface area (Å²) in [4.78, 5) is 10.4. The highest BCUT2D eigenvalue weighted by atomic mass is 32.2. The molecule has 1 N–H and O–H groups in total. The van der Waals surface area contributed by atoms with Crippen molar-refractivity contribution in [2.45, 2.75) is 6.42 Å². The molecule has 0 aliphatic heterocycles. The maximum atomic E-state index is 10.4. The van der Waals surface area contributed by atoms with Gasteiger partial charge in [-0.1, -0.05) is 24.4 Å². The number of thiocarbonyl (C=S) groups is 1. The van der Waals surface area contributed by atoms with Gasteiger partial charge in [0.2, 0.25) is 0 Å². The molecule has 0 aliphatic rings. The Kier molecular flexibility index (Phi) is 5.28. The van der Waals surface area contributed by atoms with Gasteiger partial charge in [-0.05, 0) is 17.7 Å². The normalized spacial score (nSPS) is 9.81. The number of methoxy groups -OCH3 is 1. The zero-order valence-electron chi connectivity index (χ0n) is 8.80. The van der Waals surface area contributed by atoms with Crippen LogP contribution in [0.15, 0.2) is 24.3 Å². The smallest absolute Gasteiger partial charge is 0.313 e. The molecular weight excluding hydrogens is 244 g/mol. The number of hydrogen-bond donors (Lipinski definition) is 1. The van der Waals surface area contributed by atoms with Crippen LogP contribution in [0.25, 0.3) is 0 Å². The van der Waals surface area contributed by atoms with E-state index < -0.39 is 5.97 Å².